The normalized spacial score (nSPS) is 14.0. The highest BCUT2D eigenvalue weighted by molar-refractivity contribution is 6.42. The molecule has 0 fully saturated rings. The van der Waals surface area contributed by atoms with Crippen LogP contribution in [0.5, 0.6) is 0 Å². The summed E-state index contributed by atoms with van der Waals surface area (Å²) < 4.78 is 0. The Hall–Kier alpha value is -0.690. The number of alkyl halides is 1. The van der Waals surface area contributed by atoms with Crippen molar-refractivity contribution in [1.82, 2.24) is 0 Å². The Balaban J connectivity index is 2.42. The molecule has 0 saturated heterocycles. The Morgan fingerprint density at radius 3 is 2.25 bits per heavy atom. The first-order valence-corrected chi connectivity index (χ1v) is 7.96. The predicted molar refractivity (Wildman–Crippen MR) is 89.3 cm³/mol. The minimum atomic E-state index is -0.114. The lowest BCUT2D eigenvalue weighted by molar-refractivity contribution is 0.458. The number of halogens is 3. The van der Waals surface area contributed by atoms with Crippen molar-refractivity contribution in [2.75, 3.05) is 5.88 Å². The Morgan fingerprint density at radius 2 is 1.65 bits per heavy atom. The van der Waals surface area contributed by atoms with Gasteiger partial charge in [-0.1, -0.05) is 72.6 Å². The molecule has 0 aliphatic rings. The van der Waals surface area contributed by atoms with Crippen LogP contribution in [0.2, 0.25) is 10.0 Å². The third-order valence-corrected chi connectivity index (χ3v) is 5.25. The molecule has 1 unspecified atom stereocenters. The Labute approximate surface area is 135 Å². The molecule has 20 heavy (non-hydrogen) atoms. The van der Waals surface area contributed by atoms with Crippen molar-refractivity contribution in [3.8, 4) is 0 Å². The van der Waals surface area contributed by atoms with E-state index in [4.69, 9.17) is 34.8 Å². The minimum absolute atomic E-state index is 0.114. The van der Waals surface area contributed by atoms with Gasteiger partial charge in [-0.05, 0) is 30.0 Å². The summed E-state index contributed by atoms with van der Waals surface area (Å²) >= 11 is 18.8. The fourth-order valence-corrected chi connectivity index (χ4v) is 3.32. The molecule has 0 aliphatic carbocycles. The Kier molecular flexibility index (Phi) is 5.37. The van der Waals surface area contributed by atoms with E-state index in [2.05, 4.69) is 19.1 Å². The van der Waals surface area contributed by atoms with Crippen molar-refractivity contribution in [3.05, 3.63) is 69.7 Å². The summed E-state index contributed by atoms with van der Waals surface area (Å²) in [6.07, 6.45) is 1.74. The van der Waals surface area contributed by atoms with Crippen LogP contribution >= 0.6 is 34.8 Å². The molecular weight excluding hydrogens is 311 g/mol. The van der Waals surface area contributed by atoms with Crippen molar-refractivity contribution in [3.63, 3.8) is 0 Å². The Bertz CT molecular complexity index is 560. The van der Waals surface area contributed by atoms with E-state index in [0.717, 1.165) is 18.4 Å². The molecule has 0 spiro atoms. The first kappa shape index (κ1) is 15.7. The van der Waals surface area contributed by atoms with Gasteiger partial charge in [-0.25, -0.2) is 0 Å². The van der Waals surface area contributed by atoms with Crippen LogP contribution in [0.4, 0.5) is 0 Å². The van der Waals surface area contributed by atoms with Crippen molar-refractivity contribution in [2.45, 2.75) is 25.2 Å². The standard InChI is InChI=1S/C17H17Cl3/c1-2-17(12-18,14-8-4-3-5-9-14)11-13-7-6-10-15(19)16(13)20/h3-10H,2,11-12H2,1H3. The molecule has 2 aromatic rings. The summed E-state index contributed by atoms with van der Waals surface area (Å²) in [4.78, 5) is 0. The van der Waals surface area contributed by atoms with E-state index >= 15 is 0 Å². The molecule has 0 nitrogen and oxygen atoms in total. The second kappa shape index (κ2) is 6.85. The fraction of sp³-hybridized carbons (Fsp3) is 0.294. The van der Waals surface area contributed by atoms with Gasteiger partial charge in [0.2, 0.25) is 0 Å². The molecule has 106 valence electrons. The van der Waals surface area contributed by atoms with E-state index in [1.54, 1.807) is 0 Å². The van der Waals surface area contributed by atoms with E-state index in [0.29, 0.717) is 15.9 Å². The molecule has 0 aliphatic heterocycles. The van der Waals surface area contributed by atoms with Crippen molar-refractivity contribution in [1.29, 1.82) is 0 Å². The van der Waals surface area contributed by atoms with Crippen LogP contribution in [0.1, 0.15) is 24.5 Å². The summed E-state index contributed by atoms with van der Waals surface area (Å²) in [6.45, 7) is 2.16. The molecule has 0 heterocycles. The van der Waals surface area contributed by atoms with Gasteiger partial charge in [0.15, 0.2) is 0 Å². The first-order valence-electron chi connectivity index (χ1n) is 6.67. The average molecular weight is 328 g/mol. The van der Waals surface area contributed by atoms with Gasteiger partial charge in [-0.2, -0.15) is 0 Å². The van der Waals surface area contributed by atoms with Crippen LogP contribution in [0.25, 0.3) is 0 Å². The third-order valence-electron chi connectivity index (χ3n) is 3.88. The summed E-state index contributed by atoms with van der Waals surface area (Å²) in [5.74, 6) is 0.552. The quantitative estimate of drug-likeness (QED) is 0.580. The second-order valence-corrected chi connectivity index (χ2v) is 6.08. The lowest BCUT2D eigenvalue weighted by atomic mass is 9.75. The molecular formula is C17H17Cl3. The fourth-order valence-electron chi connectivity index (χ4n) is 2.49. The van der Waals surface area contributed by atoms with Crippen LogP contribution in [-0.2, 0) is 11.8 Å². The molecule has 0 aromatic heterocycles. The molecule has 0 bridgehead atoms. The number of benzene rings is 2. The zero-order valence-corrected chi connectivity index (χ0v) is 13.6. The van der Waals surface area contributed by atoms with E-state index in [1.165, 1.54) is 5.56 Å². The summed E-state index contributed by atoms with van der Waals surface area (Å²) in [5, 5.41) is 1.23. The maximum absolute atomic E-state index is 6.33. The largest absolute Gasteiger partial charge is 0.126 e. The number of rotatable bonds is 5. The van der Waals surface area contributed by atoms with Gasteiger partial charge in [0, 0.05) is 11.3 Å². The van der Waals surface area contributed by atoms with Crippen molar-refractivity contribution < 1.29 is 0 Å². The predicted octanol–water partition coefficient (Wildman–Crippen LogP) is 6.12. The van der Waals surface area contributed by atoms with Crippen molar-refractivity contribution in [2.24, 2.45) is 0 Å². The molecule has 2 aromatic carbocycles. The zero-order valence-electron chi connectivity index (χ0n) is 11.4. The molecule has 0 radical (unpaired) electrons. The number of hydrogen-bond donors (Lipinski definition) is 0. The molecule has 1 atom stereocenters. The lowest BCUT2D eigenvalue weighted by Gasteiger charge is -2.32. The summed E-state index contributed by atoms with van der Waals surface area (Å²) in [7, 11) is 0. The zero-order chi connectivity index (χ0) is 14.6. The maximum Gasteiger partial charge on any atom is 0.0624 e. The third kappa shape index (κ3) is 3.14. The van der Waals surface area contributed by atoms with E-state index < -0.39 is 0 Å². The van der Waals surface area contributed by atoms with Crippen LogP contribution in [0.15, 0.2) is 48.5 Å². The summed E-state index contributed by atoms with van der Waals surface area (Å²) in [5.41, 5.74) is 2.18. The van der Waals surface area contributed by atoms with Gasteiger partial charge in [-0.3, -0.25) is 0 Å². The topological polar surface area (TPSA) is 0 Å². The van der Waals surface area contributed by atoms with Gasteiger partial charge >= 0.3 is 0 Å². The van der Waals surface area contributed by atoms with Gasteiger partial charge in [-0.15, -0.1) is 11.6 Å². The van der Waals surface area contributed by atoms with Gasteiger partial charge < -0.3 is 0 Å². The molecule has 0 N–H and O–H groups in total. The van der Waals surface area contributed by atoms with Crippen LogP contribution < -0.4 is 0 Å². The smallest absolute Gasteiger partial charge is 0.0624 e. The van der Waals surface area contributed by atoms with Gasteiger partial charge in [0.05, 0.1) is 10.0 Å². The monoisotopic (exact) mass is 326 g/mol. The highest BCUT2D eigenvalue weighted by atomic mass is 35.5. The van der Waals surface area contributed by atoms with Crippen LogP contribution in [0, 0.1) is 0 Å². The Morgan fingerprint density at radius 1 is 0.950 bits per heavy atom. The van der Waals surface area contributed by atoms with E-state index in [9.17, 15) is 0 Å². The second-order valence-electron chi connectivity index (χ2n) is 5.02. The van der Waals surface area contributed by atoms with E-state index in [1.807, 2.05) is 36.4 Å². The lowest BCUT2D eigenvalue weighted by Crippen LogP contribution is -2.30. The summed E-state index contributed by atoms with van der Waals surface area (Å²) in [6, 6.07) is 16.1. The molecule has 0 amide bonds. The number of hydrogen-bond acceptors (Lipinski definition) is 0. The first-order chi connectivity index (χ1) is 9.63. The molecule has 0 saturated carbocycles. The van der Waals surface area contributed by atoms with Crippen molar-refractivity contribution >= 4 is 34.8 Å². The maximum atomic E-state index is 6.33. The van der Waals surface area contributed by atoms with Gasteiger partial charge in [0.1, 0.15) is 0 Å². The minimum Gasteiger partial charge on any atom is -0.126 e. The molecule has 3 heteroatoms. The van der Waals surface area contributed by atoms with Gasteiger partial charge in [0.25, 0.3) is 0 Å². The molecule has 2 rings (SSSR count). The van der Waals surface area contributed by atoms with E-state index in [-0.39, 0.29) is 5.41 Å². The van der Waals surface area contributed by atoms with Crippen LogP contribution in [0.3, 0.4) is 0 Å². The highest BCUT2D eigenvalue weighted by Crippen LogP contribution is 2.37. The SMILES string of the molecule is CCC(CCl)(Cc1cccc(Cl)c1Cl)c1ccccc1. The van der Waals surface area contributed by atoms with Crippen LogP contribution in [-0.4, -0.2) is 5.88 Å². The highest BCUT2D eigenvalue weighted by Gasteiger charge is 2.30. The average Bonchev–Trinajstić information content (AvgIpc) is 2.50.